The Hall–Kier alpha value is -1.20. The van der Waals surface area contributed by atoms with E-state index < -0.39 is 0 Å². The van der Waals surface area contributed by atoms with Crippen LogP contribution < -0.4 is 5.32 Å². The van der Waals surface area contributed by atoms with Crippen LogP contribution in [-0.2, 0) is 11.3 Å². The van der Waals surface area contributed by atoms with Gasteiger partial charge in [0.05, 0.1) is 30.8 Å². The zero-order valence-electron chi connectivity index (χ0n) is 8.40. The second-order valence-corrected chi connectivity index (χ2v) is 2.98. The Morgan fingerprint density at radius 1 is 1.50 bits per heavy atom. The number of hydrogen-bond acceptors (Lipinski definition) is 5. The van der Waals surface area contributed by atoms with Gasteiger partial charge in [-0.05, 0) is 6.92 Å². The lowest BCUT2D eigenvalue weighted by Gasteiger charge is -2.10. The van der Waals surface area contributed by atoms with E-state index in [-0.39, 0.29) is 12.7 Å². The largest absolute Gasteiger partial charge is 0.390 e. The minimum atomic E-state index is -0.0816. The fourth-order valence-electron chi connectivity index (χ4n) is 0.859. The van der Waals surface area contributed by atoms with E-state index in [4.69, 9.17) is 9.84 Å². The van der Waals surface area contributed by atoms with E-state index in [1.807, 2.05) is 6.92 Å². The maximum absolute atomic E-state index is 8.74. The van der Waals surface area contributed by atoms with Crippen molar-refractivity contribution in [3.05, 3.63) is 18.1 Å². The number of aliphatic hydroxyl groups is 1. The Morgan fingerprint density at radius 2 is 2.29 bits per heavy atom. The summed E-state index contributed by atoms with van der Waals surface area (Å²) in [6, 6.07) is 0. The molecule has 1 heterocycles. The smallest absolute Gasteiger partial charge is 0.144 e. The summed E-state index contributed by atoms with van der Waals surface area (Å²) < 4.78 is 5.07. The van der Waals surface area contributed by atoms with Gasteiger partial charge in [-0.15, -0.1) is 0 Å². The summed E-state index contributed by atoms with van der Waals surface area (Å²) in [5.74, 6) is 0.686. The van der Waals surface area contributed by atoms with Crippen molar-refractivity contribution in [3.63, 3.8) is 0 Å². The molecule has 5 nitrogen and oxygen atoms in total. The van der Waals surface area contributed by atoms with Crippen LogP contribution in [0.5, 0.6) is 0 Å². The number of hydrogen-bond donors (Lipinski definition) is 2. The molecule has 1 aromatic rings. The molecular weight excluding hydrogens is 182 g/mol. The molecule has 0 fully saturated rings. The van der Waals surface area contributed by atoms with Crippen LogP contribution in [0.1, 0.15) is 12.6 Å². The number of nitrogens with zero attached hydrogens (tertiary/aromatic N) is 2. The normalized spacial score (nSPS) is 12.5. The average molecular weight is 197 g/mol. The number of nitrogens with one attached hydrogen (secondary N) is 1. The Balaban J connectivity index is 2.43. The molecule has 0 spiro atoms. The highest BCUT2D eigenvalue weighted by Crippen LogP contribution is 2.01. The molecule has 0 saturated heterocycles. The molecule has 0 saturated carbocycles. The van der Waals surface area contributed by atoms with Crippen molar-refractivity contribution < 1.29 is 9.84 Å². The summed E-state index contributed by atoms with van der Waals surface area (Å²) in [5, 5.41) is 11.8. The van der Waals surface area contributed by atoms with Crippen molar-refractivity contribution in [1.29, 1.82) is 0 Å². The second-order valence-electron chi connectivity index (χ2n) is 2.98. The molecule has 5 heteroatoms. The van der Waals surface area contributed by atoms with Crippen LogP contribution >= 0.6 is 0 Å². The first-order chi connectivity index (χ1) is 6.76. The molecule has 0 aliphatic rings. The van der Waals surface area contributed by atoms with Gasteiger partial charge >= 0.3 is 0 Å². The molecule has 1 aromatic heterocycles. The zero-order chi connectivity index (χ0) is 10.4. The van der Waals surface area contributed by atoms with E-state index >= 15 is 0 Å². The lowest BCUT2D eigenvalue weighted by atomic mass is 10.4. The van der Waals surface area contributed by atoms with Gasteiger partial charge in [-0.2, -0.15) is 0 Å². The Labute approximate surface area is 83.2 Å². The highest BCUT2D eigenvalue weighted by molar-refractivity contribution is 5.30. The van der Waals surface area contributed by atoms with Gasteiger partial charge in [0.2, 0.25) is 0 Å². The lowest BCUT2D eigenvalue weighted by Crippen LogP contribution is -2.18. The topological polar surface area (TPSA) is 67.3 Å². The molecule has 2 N–H and O–H groups in total. The van der Waals surface area contributed by atoms with Crippen LogP contribution in [0.25, 0.3) is 0 Å². The molecule has 0 aliphatic carbocycles. The quantitative estimate of drug-likeness (QED) is 0.716. The molecule has 0 amide bonds. The van der Waals surface area contributed by atoms with Crippen LogP contribution in [0.3, 0.4) is 0 Å². The monoisotopic (exact) mass is 197 g/mol. The van der Waals surface area contributed by atoms with Gasteiger partial charge in [-0.3, -0.25) is 4.98 Å². The van der Waals surface area contributed by atoms with Crippen LogP contribution in [0.2, 0.25) is 0 Å². The van der Waals surface area contributed by atoms with Gasteiger partial charge in [0, 0.05) is 13.7 Å². The number of rotatable bonds is 5. The highest BCUT2D eigenvalue weighted by atomic mass is 16.5. The maximum atomic E-state index is 8.74. The third kappa shape index (κ3) is 3.27. The van der Waals surface area contributed by atoms with E-state index in [0.29, 0.717) is 18.1 Å². The lowest BCUT2D eigenvalue weighted by molar-refractivity contribution is 0.128. The van der Waals surface area contributed by atoms with Crippen molar-refractivity contribution in [2.75, 3.05) is 19.0 Å². The van der Waals surface area contributed by atoms with Crippen LogP contribution in [-0.4, -0.2) is 34.8 Å². The zero-order valence-corrected chi connectivity index (χ0v) is 8.40. The number of ether oxygens (including phenoxy) is 1. The first-order valence-electron chi connectivity index (χ1n) is 4.44. The van der Waals surface area contributed by atoms with E-state index in [1.54, 1.807) is 19.5 Å². The van der Waals surface area contributed by atoms with Gasteiger partial charge < -0.3 is 15.2 Å². The SMILES string of the molecule is COC(C)CNc1cnc(CO)cn1. The Morgan fingerprint density at radius 3 is 2.79 bits per heavy atom. The Kier molecular flexibility index (Phi) is 4.28. The fraction of sp³-hybridized carbons (Fsp3) is 0.556. The number of aromatic nitrogens is 2. The third-order valence-corrected chi connectivity index (χ3v) is 1.84. The van der Waals surface area contributed by atoms with Crippen molar-refractivity contribution in [3.8, 4) is 0 Å². The highest BCUT2D eigenvalue weighted by Gasteiger charge is 2.00. The standard InChI is InChI=1S/C9H15N3O2/c1-7(14-2)3-11-9-5-10-8(6-13)4-12-9/h4-5,7,13H,3,6H2,1-2H3,(H,11,12). The summed E-state index contributed by atoms with van der Waals surface area (Å²) in [4.78, 5) is 8.05. The predicted octanol–water partition coefficient (Wildman–Crippen LogP) is 0.416. The first-order valence-corrected chi connectivity index (χ1v) is 4.44. The molecule has 0 aromatic carbocycles. The number of methoxy groups -OCH3 is 1. The van der Waals surface area contributed by atoms with Gasteiger partial charge in [0.15, 0.2) is 0 Å². The minimum Gasteiger partial charge on any atom is -0.390 e. The Bertz CT molecular complexity index is 263. The summed E-state index contributed by atoms with van der Waals surface area (Å²) in [6.45, 7) is 2.56. The van der Waals surface area contributed by atoms with Gasteiger partial charge in [0.1, 0.15) is 5.82 Å². The first kappa shape index (κ1) is 10.9. The predicted molar refractivity (Wildman–Crippen MR) is 52.9 cm³/mol. The van der Waals surface area contributed by atoms with E-state index in [0.717, 1.165) is 0 Å². The summed E-state index contributed by atoms with van der Waals surface area (Å²) in [7, 11) is 1.66. The summed E-state index contributed by atoms with van der Waals surface area (Å²) >= 11 is 0. The molecule has 1 rings (SSSR count). The van der Waals surface area contributed by atoms with Crippen LogP contribution in [0.15, 0.2) is 12.4 Å². The van der Waals surface area contributed by atoms with E-state index in [2.05, 4.69) is 15.3 Å². The number of aliphatic hydroxyl groups excluding tert-OH is 1. The van der Waals surface area contributed by atoms with E-state index in [9.17, 15) is 0 Å². The molecule has 0 aliphatic heterocycles. The van der Waals surface area contributed by atoms with Crippen molar-refractivity contribution in [2.45, 2.75) is 19.6 Å². The molecule has 1 atom stereocenters. The average Bonchev–Trinajstić information content (AvgIpc) is 2.26. The van der Waals surface area contributed by atoms with Gasteiger partial charge in [0.25, 0.3) is 0 Å². The van der Waals surface area contributed by atoms with Crippen molar-refractivity contribution in [2.24, 2.45) is 0 Å². The molecule has 0 bridgehead atoms. The van der Waals surface area contributed by atoms with E-state index in [1.165, 1.54) is 0 Å². The van der Waals surface area contributed by atoms with Crippen molar-refractivity contribution >= 4 is 5.82 Å². The van der Waals surface area contributed by atoms with Crippen LogP contribution in [0, 0.1) is 0 Å². The molecule has 14 heavy (non-hydrogen) atoms. The molecule has 1 unspecified atom stereocenters. The molecular formula is C9H15N3O2. The van der Waals surface area contributed by atoms with Gasteiger partial charge in [-0.1, -0.05) is 0 Å². The molecule has 0 radical (unpaired) electrons. The second kappa shape index (κ2) is 5.51. The minimum absolute atomic E-state index is 0.0816. The maximum Gasteiger partial charge on any atom is 0.144 e. The van der Waals surface area contributed by atoms with Crippen molar-refractivity contribution in [1.82, 2.24) is 9.97 Å². The van der Waals surface area contributed by atoms with Crippen LogP contribution in [0.4, 0.5) is 5.82 Å². The number of anilines is 1. The third-order valence-electron chi connectivity index (χ3n) is 1.84. The molecule has 78 valence electrons. The van der Waals surface area contributed by atoms with Gasteiger partial charge in [-0.25, -0.2) is 4.98 Å². The fourth-order valence-corrected chi connectivity index (χ4v) is 0.859. The summed E-state index contributed by atoms with van der Waals surface area (Å²) in [6.07, 6.45) is 3.27. The summed E-state index contributed by atoms with van der Waals surface area (Å²) in [5.41, 5.74) is 0.565.